The Bertz CT molecular complexity index is 1130. The normalized spacial score (nSPS) is 12.2. The van der Waals surface area contributed by atoms with Crippen molar-refractivity contribution in [1.29, 1.82) is 0 Å². The van der Waals surface area contributed by atoms with Crippen molar-refractivity contribution in [2.24, 2.45) is 0 Å². The van der Waals surface area contributed by atoms with Crippen molar-refractivity contribution >= 4 is 11.8 Å². The first-order valence-electron chi connectivity index (χ1n) is 9.31. The number of benzene rings is 2. The first-order chi connectivity index (χ1) is 15.1. The molecule has 11 heteroatoms. The first-order valence-corrected chi connectivity index (χ1v) is 9.31. The van der Waals surface area contributed by atoms with Crippen molar-refractivity contribution in [3.8, 4) is 11.4 Å². The molecule has 0 fully saturated rings. The number of alkyl halides is 3. The molecule has 0 bridgehead atoms. The van der Waals surface area contributed by atoms with Gasteiger partial charge in [0.15, 0.2) is 6.10 Å². The van der Waals surface area contributed by atoms with Gasteiger partial charge in [-0.2, -0.15) is 18.3 Å². The summed E-state index contributed by atoms with van der Waals surface area (Å²) < 4.78 is 58.3. The molecule has 0 saturated carbocycles. The van der Waals surface area contributed by atoms with Gasteiger partial charge in [-0.15, -0.1) is 0 Å². The van der Waals surface area contributed by atoms with E-state index < -0.39 is 35.5 Å². The third-order valence-electron chi connectivity index (χ3n) is 4.47. The topological polar surface area (TPSA) is 85.2 Å². The minimum Gasteiger partial charge on any atom is -0.481 e. The molecule has 1 unspecified atom stereocenters. The molecule has 1 heterocycles. The third-order valence-corrected chi connectivity index (χ3v) is 4.47. The van der Waals surface area contributed by atoms with E-state index in [2.05, 4.69) is 16.0 Å². The van der Waals surface area contributed by atoms with E-state index in [1.54, 1.807) is 0 Å². The molecule has 2 N–H and O–H groups in total. The Morgan fingerprint density at radius 3 is 2.44 bits per heavy atom. The summed E-state index contributed by atoms with van der Waals surface area (Å²) in [5.74, 6) is -1.59. The number of carbonyl (C=O) groups excluding carboxylic acids is 2. The maximum absolute atomic E-state index is 13.0. The molecule has 0 aliphatic carbocycles. The summed E-state index contributed by atoms with van der Waals surface area (Å²) in [6.45, 7) is 2.94. The Morgan fingerprint density at radius 1 is 1.09 bits per heavy atom. The standard InChI is InChI=1S/C21H18F4N4O3/c1-12-18(11-26-29(12)16-5-3-4-14(10-16)21(23,24)25)20(31)28-27-19(30)13(2)32-17-8-6-15(22)7-9-17/h3-11,13H,1-2H3,(H,27,30)(H,28,31). The Labute approximate surface area is 180 Å². The second-order valence-corrected chi connectivity index (χ2v) is 6.76. The predicted octanol–water partition coefficient (Wildman–Crippen LogP) is 3.57. The fraction of sp³-hybridized carbons (Fsp3) is 0.190. The van der Waals surface area contributed by atoms with Crippen LogP contribution in [0.25, 0.3) is 5.69 Å². The maximum atomic E-state index is 13.0. The van der Waals surface area contributed by atoms with Crippen LogP contribution >= 0.6 is 0 Å². The number of hydrazine groups is 1. The van der Waals surface area contributed by atoms with Gasteiger partial charge in [0.05, 0.1) is 28.7 Å². The van der Waals surface area contributed by atoms with Crippen molar-refractivity contribution in [1.82, 2.24) is 20.6 Å². The van der Waals surface area contributed by atoms with E-state index in [0.717, 1.165) is 12.1 Å². The highest BCUT2D eigenvalue weighted by Gasteiger charge is 2.30. The average Bonchev–Trinajstić information content (AvgIpc) is 3.14. The number of nitrogens with zero attached hydrogens (tertiary/aromatic N) is 2. The predicted molar refractivity (Wildman–Crippen MR) is 105 cm³/mol. The van der Waals surface area contributed by atoms with Crippen LogP contribution in [0.5, 0.6) is 5.75 Å². The molecule has 7 nitrogen and oxygen atoms in total. The van der Waals surface area contributed by atoms with Crippen LogP contribution in [0.3, 0.4) is 0 Å². The van der Waals surface area contributed by atoms with E-state index >= 15 is 0 Å². The first kappa shape index (κ1) is 22.8. The number of carbonyl (C=O) groups is 2. The summed E-state index contributed by atoms with van der Waals surface area (Å²) in [5, 5.41) is 3.98. The molecular formula is C21H18F4N4O3. The van der Waals surface area contributed by atoms with Crippen LogP contribution in [-0.4, -0.2) is 27.7 Å². The van der Waals surface area contributed by atoms with Crippen LogP contribution in [0, 0.1) is 12.7 Å². The molecule has 0 saturated heterocycles. The number of halogens is 4. The zero-order chi connectivity index (χ0) is 23.5. The van der Waals surface area contributed by atoms with Gasteiger partial charge in [0, 0.05) is 0 Å². The van der Waals surface area contributed by atoms with Crippen LogP contribution < -0.4 is 15.6 Å². The van der Waals surface area contributed by atoms with Gasteiger partial charge in [-0.1, -0.05) is 6.07 Å². The highest BCUT2D eigenvalue weighted by molar-refractivity contribution is 5.96. The Balaban J connectivity index is 1.64. The summed E-state index contributed by atoms with van der Waals surface area (Å²) in [7, 11) is 0. The quantitative estimate of drug-likeness (QED) is 0.460. The zero-order valence-corrected chi connectivity index (χ0v) is 16.9. The lowest BCUT2D eigenvalue weighted by Crippen LogP contribution is -2.47. The van der Waals surface area contributed by atoms with Gasteiger partial charge in [-0.25, -0.2) is 9.07 Å². The van der Waals surface area contributed by atoms with E-state index in [4.69, 9.17) is 4.74 Å². The van der Waals surface area contributed by atoms with Crippen LogP contribution in [0.1, 0.15) is 28.5 Å². The number of hydrogen-bond acceptors (Lipinski definition) is 4. The second-order valence-electron chi connectivity index (χ2n) is 6.76. The van der Waals surface area contributed by atoms with Gasteiger partial charge < -0.3 is 4.74 Å². The number of ether oxygens (including phenoxy) is 1. The van der Waals surface area contributed by atoms with E-state index in [-0.39, 0.29) is 22.7 Å². The monoisotopic (exact) mass is 450 g/mol. The lowest BCUT2D eigenvalue weighted by Gasteiger charge is -2.15. The molecule has 168 valence electrons. The molecule has 2 amide bonds. The van der Waals surface area contributed by atoms with E-state index in [1.807, 2.05) is 0 Å². The molecule has 3 aromatic rings. The summed E-state index contributed by atoms with van der Waals surface area (Å²) in [4.78, 5) is 24.6. The van der Waals surface area contributed by atoms with Gasteiger partial charge in [-0.05, 0) is 56.3 Å². The third kappa shape index (κ3) is 5.23. The number of rotatable bonds is 5. The zero-order valence-electron chi connectivity index (χ0n) is 16.9. The van der Waals surface area contributed by atoms with Crippen molar-refractivity contribution in [3.05, 3.63) is 77.4 Å². The summed E-state index contributed by atoms with van der Waals surface area (Å²) >= 11 is 0. The Kier molecular flexibility index (Phi) is 6.47. The average molecular weight is 450 g/mol. The molecule has 32 heavy (non-hydrogen) atoms. The number of hydrogen-bond donors (Lipinski definition) is 2. The van der Waals surface area contributed by atoms with Crippen molar-refractivity contribution in [2.75, 3.05) is 0 Å². The minimum atomic E-state index is -4.52. The van der Waals surface area contributed by atoms with Gasteiger partial charge in [0.25, 0.3) is 11.8 Å². The second kappa shape index (κ2) is 9.08. The largest absolute Gasteiger partial charge is 0.481 e. The SMILES string of the molecule is Cc1c(C(=O)NNC(=O)C(C)Oc2ccc(F)cc2)cnn1-c1cccc(C(F)(F)F)c1. The molecule has 1 aromatic heterocycles. The van der Waals surface area contributed by atoms with Gasteiger partial charge in [-0.3, -0.25) is 20.4 Å². The van der Waals surface area contributed by atoms with Gasteiger partial charge in [0.2, 0.25) is 0 Å². The van der Waals surface area contributed by atoms with Gasteiger partial charge in [0.1, 0.15) is 11.6 Å². The molecular weight excluding hydrogens is 432 g/mol. The Hall–Kier alpha value is -3.89. The molecule has 0 radical (unpaired) electrons. The molecule has 0 spiro atoms. The van der Waals surface area contributed by atoms with Crippen molar-refractivity contribution < 1.29 is 31.9 Å². The van der Waals surface area contributed by atoms with E-state index in [0.29, 0.717) is 0 Å². The van der Waals surface area contributed by atoms with Crippen LogP contribution in [-0.2, 0) is 11.0 Å². The number of nitrogens with one attached hydrogen (secondary N) is 2. The molecule has 0 aliphatic rings. The highest BCUT2D eigenvalue weighted by Crippen LogP contribution is 2.30. The fourth-order valence-electron chi connectivity index (χ4n) is 2.76. The molecule has 2 aromatic carbocycles. The van der Waals surface area contributed by atoms with Crippen molar-refractivity contribution in [3.63, 3.8) is 0 Å². The lowest BCUT2D eigenvalue weighted by molar-refractivity contribution is -0.137. The molecule has 1 atom stereocenters. The number of aromatic nitrogens is 2. The smallest absolute Gasteiger partial charge is 0.416 e. The van der Waals surface area contributed by atoms with Crippen LogP contribution in [0.15, 0.2) is 54.7 Å². The summed E-state index contributed by atoms with van der Waals surface area (Å²) in [5.41, 5.74) is 4.00. The van der Waals surface area contributed by atoms with E-state index in [1.165, 1.54) is 61.1 Å². The maximum Gasteiger partial charge on any atom is 0.416 e. The lowest BCUT2D eigenvalue weighted by atomic mass is 10.2. The minimum absolute atomic E-state index is 0.0508. The summed E-state index contributed by atoms with van der Waals surface area (Å²) in [6.07, 6.45) is -4.35. The highest BCUT2D eigenvalue weighted by atomic mass is 19.4. The van der Waals surface area contributed by atoms with Gasteiger partial charge >= 0.3 is 6.18 Å². The van der Waals surface area contributed by atoms with E-state index in [9.17, 15) is 27.2 Å². The fourth-order valence-corrected chi connectivity index (χ4v) is 2.76. The summed E-state index contributed by atoms with van der Waals surface area (Å²) in [6, 6.07) is 9.55. The van der Waals surface area contributed by atoms with Crippen LogP contribution in [0.2, 0.25) is 0 Å². The Morgan fingerprint density at radius 2 is 1.78 bits per heavy atom. The number of amides is 2. The molecule has 0 aliphatic heterocycles. The van der Waals surface area contributed by atoms with Crippen molar-refractivity contribution in [2.45, 2.75) is 26.1 Å². The van der Waals surface area contributed by atoms with Crippen LogP contribution in [0.4, 0.5) is 17.6 Å². The molecule has 3 rings (SSSR count).